The van der Waals surface area contributed by atoms with E-state index < -0.39 is 11.0 Å². The third-order valence-corrected chi connectivity index (χ3v) is 5.07. The molecule has 154 valence electrons. The van der Waals surface area contributed by atoms with E-state index in [4.69, 9.17) is 21.4 Å². The van der Waals surface area contributed by atoms with E-state index in [0.29, 0.717) is 18.2 Å². The fraction of sp³-hybridized carbons (Fsp3) is 0.318. The van der Waals surface area contributed by atoms with E-state index >= 15 is 0 Å². The lowest BCUT2D eigenvalue weighted by molar-refractivity contribution is -0.0166. The van der Waals surface area contributed by atoms with E-state index in [1.54, 1.807) is 6.26 Å². The third kappa shape index (κ3) is 6.16. The number of rotatable bonds is 7. The minimum Gasteiger partial charge on any atom is -0.370 e. The van der Waals surface area contributed by atoms with Gasteiger partial charge in [0.2, 0.25) is 0 Å². The average molecular weight is 432 g/mol. The van der Waals surface area contributed by atoms with Crippen molar-refractivity contribution in [2.45, 2.75) is 39.5 Å². The van der Waals surface area contributed by atoms with Gasteiger partial charge in [-0.15, -0.1) is 0 Å². The monoisotopic (exact) mass is 431 g/mol. The van der Waals surface area contributed by atoms with Gasteiger partial charge in [-0.1, -0.05) is 41.9 Å². The summed E-state index contributed by atoms with van der Waals surface area (Å²) >= 11 is 6.37. The molecule has 0 bridgehead atoms. The summed E-state index contributed by atoms with van der Waals surface area (Å²) in [6, 6.07) is 17.6. The Morgan fingerprint density at radius 2 is 1.90 bits per heavy atom. The molecule has 0 spiro atoms. The van der Waals surface area contributed by atoms with Crippen LogP contribution in [0.5, 0.6) is 0 Å². The highest BCUT2D eigenvalue weighted by atomic mass is 35.5. The van der Waals surface area contributed by atoms with E-state index in [1.807, 2.05) is 80.1 Å². The highest BCUT2D eigenvalue weighted by molar-refractivity contribution is 7.85. The van der Waals surface area contributed by atoms with Crippen molar-refractivity contribution >= 4 is 28.3 Å². The SMILES string of the molecule is CS(=O)Nc1cccc(-c2cc(COC(C)(C)C)nn2Cc2ccccc2Cl)c1. The van der Waals surface area contributed by atoms with Crippen molar-refractivity contribution in [2.24, 2.45) is 0 Å². The first-order chi connectivity index (χ1) is 13.7. The number of ether oxygens (including phenoxy) is 1. The molecule has 1 unspecified atom stereocenters. The number of halogens is 1. The number of anilines is 1. The quantitative estimate of drug-likeness (QED) is 0.554. The average Bonchev–Trinajstić information content (AvgIpc) is 3.04. The maximum Gasteiger partial charge on any atom is 0.113 e. The zero-order valence-electron chi connectivity index (χ0n) is 17.1. The molecule has 0 aliphatic rings. The van der Waals surface area contributed by atoms with Crippen molar-refractivity contribution in [2.75, 3.05) is 11.0 Å². The summed E-state index contributed by atoms with van der Waals surface area (Å²) in [6.45, 7) is 7.03. The van der Waals surface area contributed by atoms with Gasteiger partial charge in [0.1, 0.15) is 11.0 Å². The van der Waals surface area contributed by atoms with Crippen LogP contribution in [0.4, 0.5) is 5.69 Å². The van der Waals surface area contributed by atoms with Gasteiger partial charge in [-0.05, 0) is 50.6 Å². The second kappa shape index (κ2) is 9.11. The van der Waals surface area contributed by atoms with Gasteiger partial charge in [0.15, 0.2) is 0 Å². The minimum absolute atomic E-state index is 0.248. The fourth-order valence-corrected chi connectivity index (χ4v) is 3.53. The molecule has 0 aliphatic heterocycles. The summed E-state index contributed by atoms with van der Waals surface area (Å²) in [5.41, 5.74) is 4.30. The molecule has 0 amide bonds. The molecule has 7 heteroatoms. The Morgan fingerprint density at radius 3 is 2.59 bits per heavy atom. The predicted octanol–water partition coefficient (Wildman–Crippen LogP) is 5.27. The van der Waals surface area contributed by atoms with Crippen LogP contribution in [-0.2, 0) is 28.9 Å². The highest BCUT2D eigenvalue weighted by Crippen LogP contribution is 2.27. The molecule has 29 heavy (non-hydrogen) atoms. The van der Waals surface area contributed by atoms with E-state index in [9.17, 15) is 4.21 Å². The third-order valence-electron chi connectivity index (χ3n) is 4.18. The van der Waals surface area contributed by atoms with Gasteiger partial charge in [0.05, 0.1) is 30.1 Å². The van der Waals surface area contributed by atoms with Gasteiger partial charge in [0, 0.05) is 22.5 Å². The fourth-order valence-electron chi connectivity index (χ4n) is 2.88. The second-order valence-corrected chi connectivity index (χ2v) is 9.33. The molecular formula is C22H26ClN3O2S. The molecule has 5 nitrogen and oxygen atoms in total. The molecule has 1 aromatic heterocycles. The Hall–Kier alpha value is -2.15. The van der Waals surface area contributed by atoms with Crippen molar-refractivity contribution in [1.82, 2.24) is 9.78 Å². The van der Waals surface area contributed by atoms with Crippen LogP contribution in [-0.4, -0.2) is 25.8 Å². The lowest BCUT2D eigenvalue weighted by atomic mass is 10.1. The smallest absolute Gasteiger partial charge is 0.113 e. The van der Waals surface area contributed by atoms with E-state index in [2.05, 4.69) is 4.72 Å². The van der Waals surface area contributed by atoms with Crippen molar-refractivity contribution in [1.29, 1.82) is 0 Å². The van der Waals surface area contributed by atoms with Crippen LogP contribution in [0.3, 0.4) is 0 Å². The molecule has 1 N–H and O–H groups in total. The molecule has 0 saturated carbocycles. The van der Waals surface area contributed by atoms with Crippen LogP contribution in [0.2, 0.25) is 5.02 Å². The van der Waals surface area contributed by atoms with Crippen LogP contribution in [0.1, 0.15) is 32.0 Å². The number of aromatic nitrogens is 2. The predicted molar refractivity (Wildman–Crippen MR) is 120 cm³/mol. The summed E-state index contributed by atoms with van der Waals surface area (Å²) < 4.78 is 22.3. The lowest BCUT2D eigenvalue weighted by Gasteiger charge is -2.18. The topological polar surface area (TPSA) is 56.1 Å². The van der Waals surface area contributed by atoms with E-state index in [-0.39, 0.29) is 5.60 Å². The molecule has 0 radical (unpaired) electrons. The van der Waals surface area contributed by atoms with Crippen LogP contribution >= 0.6 is 11.6 Å². The Labute approximate surface area is 179 Å². The lowest BCUT2D eigenvalue weighted by Crippen LogP contribution is -2.19. The normalized spacial score (nSPS) is 12.7. The number of hydrogen-bond donors (Lipinski definition) is 1. The van der Waals surface area contributed by atoms with Gasteiger partial charge in [-0.2, -0.15) is 5.10 Å². The summed E-state index contributed by atoms with van der Waals surface area (Å²) in [5, 5.41) is 5.48. The molecule has 2 aromatic carbocycles. The van der Waals surface area contributed by atoms with Crippen LogP contribution in [0.25, 0.3) is 11.3 Å². The minimum atomic E-state index is -1.14. The van der Waals surface area contributed by atoms with Gasteiger partial charge in [-0.25, -0.2) is 4.21 Å². The van der Waals surface area contributed by atoms with E-state index in [0.717, 1.165) is 28.2 Å². The van der Waals surface area contributed by atoms with Crippen LogP contribution in [0.15, 0.2) is 54.6 Å². The second-order valence-electron chi connectivity index (χ2n) is 7.81. The molecule has 0 fully saturated rings. The largest absolute Gasteiger partial charge is 0.370 e. The summed E-state index contributed by atoms with van der Waals surface area (Å²) in [6.07, 6.45) is 1.61. The molecule has 1 atom stereocenters. The van der Waals surface area contributed by atoms with E-state index in [1.165, 1.54) is 0 Å². The van der Waals surface area contributed by atoms with Crippen LogP contribution in [0, 0.1) is 0 Å². The van der Waals surface area contributed by atoms with Crippen molar-refractivity contribution in [3.05, 3.63) is 70.9 Å². The van der Waals surface area contributed by atoms with Gasteiger partial charge in [0.25, 0.3) is 0 Å². The summed E-state index contributed by atoms with van der Waals surface area (Å²) in [4.78, 5) is 0. The maximum atomic E-state index is 11.5. The Kier molecular flexibility index (Phi) is 6.77. The Bertz CT molecular complexity index is 1010. The Morgan fingerprint density at radius 1 is 1.14 bits per heavy atom. The van der Waals surface area contributed by atoms with Crippen molar-refractivity contribution in [3.8, 4) is 11.3 Å². The maximum absolute atomic E-state index is 11.5. The molecule has 0 saturated heterocycles. The van der Waals surface area contributed by atoms with Gasteiger partial charge >= 0.3 is 0 Å². The number of nitrogens with zero attached hydrogens (tertiary/aromatic N) is 2. The zero-order chi connectivity index (χ0) is 21.0. The zero-order valence-corrected chi connectivity index (χ0v) is 18.7. The number of hydrogen-bond acceptors (Lipinski definition) is 3. The summed E-state index contributed by atoms with van der Waals surface area (Å²) in [7, 11) is -1.14. The molecule has 1 heterocycles. The molecule has 3 rings (SSSR count). The first-order valence-corrected chi connectivity index (χ1v) is 11.3. The van der Waals surface area contributed by atoms with Gasteiger partial charge in [-0.3, -0.25) is 4.68 Å². The molecule has 0 aliphatic carbocycles. The highest BCUT2D eigenvalue weighted by Gasteiger charge is 2.16. The van der Waals surface area contributed by atoms with Crippen molar-refractivity contribution in [3.63, 3.8) is 0 Å². The molecular weight excluding hydrogens is 406 g/mol. The molecule has 3 aromatic rings. The first kappa shape index (κ1) is 21.6. The van der Waals surface area contributed by atoms with Crippen molar-refractivity contribution < 1.29 is 8.95 Å². The van der Waals surface area contributed by atoms with Gasteiger partial charge < -0.3 is 9.46 Å². The van der Waals surface area contributed by atoms with Crippen LogP contribution < -0.4 is 4.72 Å². The number of benzene rings is 2. The first-order valence-electron chi connectivity index (χ1n) is 9.36. The number of nitrogens with one attached hydrogen (secondary N) is 1. The Balaban J connectivity index is 1.98. The summed E-state index contributed by atoms with van der Waals surface area (Å²) in [5.74, 6) is 0. The standard InChI is InChI=1S/C22H26ClN3O2S/c1-22(2,3)28-15-19-13-21(16-9-7-10-18(12-16)25-29(4)27)26(24-19)14-17-8-5-6-11-20(17)23/h5-13,25H,14-15H2,1-4H3.